The van der Waals surface area contributed by atoms with E-state index in [9.17, 15) is 8.42 Å². The van der Waals surface area contributed by atoms with Crippen LogP contribution in [0.3, 0.4) is 0 Å². The van der Waals surface area contributed by atoms with Gasteiger partial charge in [-0.2, -0.15) is 9.40 Å². The summed E-state index contributed by atoms with van der Waals surface area (Å²) in [7, 11) is -3.50. The van der Waals surface area contributed by atoms with Crippen molar-refractivity contribution in [3.63, 3.8) is 0 Å². The van der Waals surface area contributed by atoms with E-state index in [1.165, 1.54) is 12.4 Å². The summed E-state index contributed by atoms with van der Waals surface area (Å²) >= 11 is 0. The Balaban J connectivity index is 2.39. The molecule has 6 nitrogen and oxygen atoms in total. The van der Waals surface area contributed by atoms with Gasteiger partial charge in [-0.3, -0.25) is 5.10 Å². The SMILES string of the molecule is CCN(C1(CN)CCCC1)S(=O)(=O)c1cn[nH]c1. The molecule has 0 radical (unpaired) electrons. The Bertz CT molecular complexity index is 477. The van der Waals surface area contributed by atoms with Gasteiger partial charge in [0.1, 0.15) is 4.90 Å². The second-order valence-electron chi connectivity index (χ2n) is 4.74. The molecule has 1 heterocycles. The zero-order chi connectivity index (χ0) is 13.2. The minimum absolute atomic E-state index is 0.212. The minimum atomic E-state index is -3.50. The van der Waals surface area contributed by atoms with E-state index >= 15 is 0 Å². The van der Waals surface area contributed by atoms with Gasteiger partial charge in [-0.15, -0.1) is 0 Å². The molecule has 1 aliphatic rings. The summed E-state index contributed by atoms with van der Waals surface area (Å²) in [5.41, 5.74) is 5.45. The lowest BCUT2D eigenvalue weighted by atomic mass is 9.98. The molecule has 7 heteroatoms. The molecular formula is C11H20N4O2S. The van der Waals surface area contributed by atoms with Crippen LogP contribution in [0.1, 0.15) is 32.6 Å². The zero-order valence-corrected chi connectivity index (χ0v) is 11.4. The molecule has 102 valence electrons. The topological polar surface area (TPSA) is 92.1 Å². The monoisotopic (exact) mass is 272 g/mol. The molecule has 2 rings (SSSR count). The van der Waals surface area contributed by atoms with Gasteiger partial charge in [0, 0.05) is 24.8 Å². The zero-order valence-electron chi connectivity index (χ0n) is 10.6. The highest BCUT2D eigenvalue weighted by molar-refractivity contribution is 7.89. The molecule has 0 aliphatic heterocycles. The predicted molar refractivity (Wildman–Crippen MR) is 68.4 cm³/mol. The standard InChI is InChI=1S/C11H20N4O2S/c1-2-15(11(9-12)5-3-4-6-11)18(16,17)10-7-13-14-8-10/h7-8H,2-6,9,12H2,1H3,(H,13,14). The van der Waals surface area contributed by atoms with Crippen molar-refractivity contribution in [3.8, 4) is 0 Å². The fourth-order valence-corrected chi connectivity index (χ4v) is 4.61. The largest absolute Gasteiger partial charge is 0.329 e. The van der Waals surface area contributed by atoms with Gasteiger partial charge in [-0.25, -0.2) is 8.42 Å². The van der Waals surface area contributed by atoms with Crippen LogP contribution in [-0.2, 0) is 10.0 Å². The second kappa shape index (κ2) is 4.99. The molecule has 18 heavy (non-hydrogen) atoms. The number of nitrogens with two attached hydrogens (primary N) is 1. The summed E-state index contributed by atoms with van der Waals surface area (Å²) in [6.07, 6.45) is 6.51. The third-order valence-corrected chi connectivity index (χ3v) is 5.84. The highest BCUT2D eigenvalue weighted by Crippen LogP contribution is 2.37. The molecule has 0 aromatic carbocycles. The lowest BCUT2D eigenvalue weighted by Crippen LogP contribution is -2.54. The molecule has 1 saturated carbocycles. The number of rotatable bonds is 5. The average Bonchev–Trinajstić information content (AvgIpc) is 3.01. The van der Waals surface area contributed by atoms with Crippen molar-refractivity contribution in [2.24, 2.45) is 5.73 Å². The molecule has 0 saturated heterocycles. The minimum Gasteiger partial charge on any atom is -0.329 e. The maximum atomic E-state index is 12.6. The maximum Gasteiger partial charge on any atom is 0.246 e. The fraction of sp³-hybridized carbons (Fsp3) is 0.727. The van der Waals surface area contributed by atoms with Crippen molar-refractivity contribution < 1.29 is 8.42 Å². The van der Waals surface area contributed by atoms with Gasteiger partial charge in [0.05, 0.1) is 6.20 Å². The number of H-pyrrole nitrogens is 1. The Morgan fingerprint density at radius 2 is 2.17 bits per heavy atom. The van der Waals surface area contributed by atoms with Crippen LogP contribution in [0.25, 0.3) is 0 Å². The Labute approximate surface area is 108 Å². The number of hydrogen-bond donors (Lipinski definition) is 2. The van der Waals surface area contributed by atoms with Gasteiger partial charge >= 0.3 is 0 Å². The Morgan fingerprint density at radius 3 is 2.61 bits per heavy atom. The number of nitrogens with zero attached hydrogens (tertiary/aromatic N) is 2. The molecule has 0 bridgehead atoms. The van der Waals surface area contributed by atoms with E-state index in [1.807, 2.05) is 6.92 Å². The van der Waals surface area contributed by atoms with Crippen LogP contribution >= 0.6 is 0 Å². The van der Waals surface area contributed by atoms with Gasteiger partial charge in [0.15, 0.2) is 0 Å². The number of nitrogens with one attached hydrogen (secondary N) is 1. The molecule has 3 N–H and O–H groups in total. The van der Waals surface area contributed by atoms with Crippen LogP contribution < -0.4 is 5.73 Å². The molecule has 1 fully saturated rings. The summed E-state index contributed by atoms with van der Waals surface area (Å²) in [5.74, 6) is 0. The lowest BCUT2D eigenvalue weighted by Gasteiger charge is -2.38. The van der Waals surface area contributed by atoms with Crippen molar-refractivity contribution >= 4 is 10.0 Å². The highest BCUT2D eigenvalue weighted by Gasteiger charge is 2.44. The second-order valence-corrected chi connectivity index (χ2v) is 6.60. The molecule has 1 aromatic rings. The van der Waals surface area contributed by atoms with E-state index in [0.717, 1.165) is 25.7 Å². The van der Waals surface area contributed by atoms with Gasteiger partial charge in [0.2, 0.25) is 10.0 Å². The van der Waals surface area contributed by atoms with Crippen molar-refractivity contribution in [1.29, 1.82) is 0 Å². The van der Waals surface area contributed by atoms with Crippen LogP contribution in [0.4, 0.5) is 0 Å². The van der Waals surface area contributed by atoms with Crippen LogP contribution in [0.5, 0.6) is 0 Å². The van der Waals surface area contributed by atoms with E-state index in [4.69, 9.17) is 5.73 Å². The Kier molecular flexibility index (Phi) is 3.74. The maximum absolute atomic E-state index is 12.6. The Hall–Kier alpha value is -0.920. The van der Waals surface area contributed by atoms with E-state index in [0.29, 0.717) is 13.1 Å². The van der Waals surface area contributed by atoms with E-state index in [2.05, 4.69) is 10.2 Å². The van der Waals surface area contributed by atoms with Crippen molar-refractivity contribution in [1.82, 2.24) is 14.5 Å². The van der Waals surface area contributed by atoms with E-state index in [1.54, 1.807) is 4.31 Å². The molecule has 0 unspecified atom stereocenters. The van der Waals surface area contributed by atoms with E-state index in [-0.39, 0.29) is 4.90 Å². The normalized spacial score (nSPS) is 19.5. The van der Waals surface area contributed by atoms with Gasteiger partial charge in [-0.1, -0.05) is 19.8 Å². The highest BCUT2D eigenvalue weighted by atomic mass is 32.2. The lowest BCUT2D eigenvalue weighted by molar-refractivity contribution is 0.205. The van der Waals surface area contributed by atoms with Crippen LogP contribution in [0.2, 0.25) is 0 Å². The smallest absolute Gasteiger partial charge is 0.246 e. The number of sulfonamides is 1. The van der Waals surface area contributed by atoms with Crippen LogP contribution in [0, 0.1) is 0 Å². The number of aromatic amines is 1. The first-order valence-electron chi connectivity index (χ1n) is 6.28. The molecule has 0 amide bonds. The van der Waals surface area contributed by atoms with Crippen LogP contribution in [0.15, 0.2) is 17.3 Å². The molecule has 0 spiro atoms. The number of aromatic nitrogens is 2. The third kappa shape index (κ3) is 2.06. The first-order chi connectivity index (χ1) is 8.57. The summed E-state index contributed by atoms with van der Waals surface area (Å²) in [5, 5.41) is 6.27. The molecule has 1 aliphatic carbocycles. The van der Waals surface area contributed by atoms with E-state index < -0.39 is 15.6 Å². The third-order valence-electron chi connectivity index (χ3n) is 3.79. The quantitative estimate of drug-likeness (QED) is 0.825. The predicted octanol–water partition coefficient (Wildman–Crippen LogP) is 0.692. The van der Waals surface area contributed by atoms with Crippen molar-refractivity contribution in [2.45, 2.75) is 43.0 Å². The van der Waals surface area contributed by atoms with Crippen LogP contribution in [-0.4, -0.2) is 41.5 Å². The first-order valence-corrected chi connectivity index (χ1v) is 7.72. The molecule has 0 atom stereocenters. The first kappa shape index (κ1) is 13.5. The number of hydrogen-bond acceptors (Lipinski definition) is 4. The summed E-state index contributed by atoms with van der Waals surface area (Å²) in [6.45, 7) is 2.66. The summed E-state index contributed by atoms with van der Waals surface area (Å²) in [6, 6.07) is 0. The van der Waals surface area contributed by atoms with Gasteiger partial charge < -0.3 is 5.73 Å². The Morgan fingerprint density at radius 1 is 1.50 bits per heavy atom. The molecule has 1 aromatic heterocycles. The summed E-state index contributed by atoms with van der Waals surface area (Å²) in [4.78, 5) is 0.212. The van der Waals surface area contributed by atoms with Gasteiger partial charge in [0.25, 0.3) is 0 Å². The van der Waals surface area contributed by atoms with Crippen molar-refractivity contribution in [3.05, 3.63) is 12.4 Å². The summed E-state index contributed by atoms with van der Waals surface area (Å²) < 4.78 is 26.7. The number of likely N-dealkylation sites (N-methyl/N-ethyl adjacent to an activating group) is 1. The fourth-order valence-electron chi connectivity index (χ4n) is 2.86. The van der Waals surface area contributed by atoms with Gasteiger partial charge in [-0.05, 0) is 12.8 Å². The molecular weight excluding hydrogens is 252 g/mol. The average molecular weight is 272 g/mol. The van der Waals surface area contributed by atoms with Crippen molar-refractivity contribution in [2.75, 3.05) is 13.1 Å².